The minimum atomic E-state index is 0.0444. The maximum atomic E-state index is 12.3. The Labute approximate surface area is 111 Å². The Bertz CT molecular complexity index is 718. The number of aromatic nitrogens is 2. The maximum absolute atomic E-state index is 12.3. The van der Waals surface area contributed by atoms with Gasteiger partial charge >= 0.3 is 0 Å². The molecule has 19 heavy (non-hydrogen) atoms. The van der Waals surface area contributed by atoms with Crippen LogP contribution in [-0.4, -0.2) is 15.8 Å². The Morgan fingerprint density at radius 2 is 1.84 bits per heavy atom. The van der Waals surface area contributed by atoms with E-state index in [1.54, 1.807) is 18.6 Å². The van der Waals surface area contributed by atoms with Gasteiger partial charge in [-0.3, -0.25) is 14.8 Å². The SMILES string of the molecule is O=C(Cc1ccccn1)c1cncc2ccccc12. The normalized spacial score (nSPS) is 10.5. The summed E-state index contributed by atoms with van der Waals surface area (Å²) < 4.78 is 0. The third-order valence-corrected chi connectivity index (χ3v) is 3.04. The third-order valence-electron chi connectivity index (χ3n) is 3.04. The number of hydrogen-bond acceptors (Lipinski definition) is 3. The largest absolute Gasteiger partial charge is 0.294 e. The average Bonchev–Trinajstić information content (AvgIpc) is 2.47. The molecule has 2 heterocycles. The van der Waals surface area contributed by atoms with E-state index in [1.807, 2.05) is 42.5 Å². The van der Waals surface area contributed by atoms with Gasteiger partial charge in [0.2, 0.25) is 0 Å². The van der Waals surface area contributed by atoms with E-state index in [9.17, 15) is 4.79 Å². The molecule has 0 bridgehead atoms. The van der Waals surface area contributed by atoms with Gasteiger partial charge in [-0.05, 0) is 17.5 Å². The quantitative estimate of drug-likeness (QED) is 0.669. The summed E-state index contributed by atoms with van der Waals surface area (Å²) in [6.07, 6.45) is 5.40. The molecule has 0 fully saturated rings. The van der Waals surface area contributed by atoms with Crippen LogP contribution in [0.15, 0.2) is 61.1 Å². The molecule has 0 aliphatic rings. The Morgan fingerprint density at radius 3 is 2.68 bits per heavy atom. The molecule has 2 aromatic heterocycles. The van der Waals surface area contributed by atoms with Gasteiger partial charge in [0.05, 0.1) is 6.42 Å². The number of carbonyl (C=O) groups excluding carboxylic acids is 1. The lowest BCUT2D eigenvalue weighted by Gasteiger charge is -2.04. The molecule has 0 aliphatic carbocycles. The van der Waals surface area contributed by atoms with E-state index in [0.717, 1.165) is 16.5 Å². The van der Waals surface area contributed by atoms with Crippen LogP contribution in [0.25, 0.3) is 10.8 Å². The summed E-state index contributed by atoms with van der Waals surface area (Å²) >= 11 is 0. The third kappa shape index (κ3) is 2.36. The fourth-order valence-corrected chi connectivity index (χ4v) is 2.10. The van der Waals surface area contributed by atoms with Gasteiger partial charge in [0, 0.05) is 35.2 Å². The second-order valence-electron chi connectivity index (χ2n) is 4.33. The van der Waals surface area contributed by atoms with Gasteiger partial charge in [-0.1, -0.05) is 30.3 Å². The van der Waals surface area contributed by atoms with Crippen molar-refractivity contribution in [1.82, 2.24) is 9.97 Å². The van der Waals surface area contributed by atoms with Crippen molar-refractivity contribution >= 4 is 16.6 Å². The predicted octanol–water partition coefficient (Wildman–Crippen LogP) is 3.06. The Hall–Kier alpha value is -2.55. The molecular formula is C16H12N2O. The van der Waals surface area contributed by atoms with Gasteiger partial charge in [0.15, 0.2) is 5.78 Å². The van der Waals surface area contributed by atoms with Crippen LogP contribution in [0.5, 0.6) is 0 Å². The van der Waals surface area contributed by atoms with E-state index in [1.165, 1.54) is 0 Å². The molecule has 3 heteroatoms. The summed E-state index contributed by atoms with van der Waals surface area (Å²) in [4.78, 5) is 20.7. The summed E-state index contributed by atoms with van der Waals surface area (Å²) in [6.45, 7) is 0. The van der Waals surface area contributed by atoms with Crippen LogP contribution in [-0.2, 0) is 6.42 Å². The number of carbonyl (C=O) groups is 1. The number of rotatable bonds is 3. The van der Waals surface area contributed by atoms with Gasteiger partial charge in [-0.2, -0.15) is 0 Å². The van der Waals surface area contributed by atoms with Crippen molar-refractivity contribution < 1.29 is 4.79 Å². The number of benzene rings is 1. The number of nitrogens with zero attached hydrogens (tertiary/aromatic N) is 2. The van der Waals surface area contributed by atoms with Crippen molar-refractivity contribution in [2.75, 3.05) is 0 Å². The summed E-state index contributed by atoms with van der Waals surface area (Å²) in [6, 6.07) is 13.4. The molecule has 3 rings (SSSR count). The highest BCUT2D eigenvalue weighted by Gasteiger charge is 2.11. The molecule has 0 saturated heterocycles. The Morgan fingerprint density at radius 1 is 1.00 bits per heavy atom. The monoisotopic (exact) mass is 248 g/mol. The first-order valence-corrected chi connectivity index (χ1v) is 6.10. The first-order chi connectivity index (χ1) is 9.34. The minimum Gasteiger partial charge on any atom is -0.294 e. The topological polar surface area (TPSA) is 42.9 Å². The molecule has 3 nitrogen and oxygen atoms in total. The van der Waals surface area contributed by atoms with Crippen LogP contribution in [0.2, 0.25) is 0 Å². The van der Waals surface area contributed by atoms with Crippen LogP contribution < -0.4 is 0 Å². The van der Waals surface area contributed by atoms with E-state index in [2.05, 4.69) is 9.97 Å². The molecule has 0 aliphatic heterocycles. The molecule has 0 spiro atoms. The van der Waals surface area contributed by atoms with Crippen molar-refractivity contribution in [3.63, 3.8) is 0 Å². The summed E-state index contributed by atoms with van der Waals surface area (Å²) in [5.41, 5.74) is 1.43. The Balaban J connectivity index is 1.98. The number of Topliss-reactive ketones (excluding diaryl/α,β-unsaturated/α-hetero) is 1. The highest BCUT2D eigenvalue weighted by atomic mass is 16.1. The van der Waals surface area contributed by atoms with Crippen molar-refractivity contribution in [1.29, 1.82) is 0 Å². The molecule has 3 aromatic rings. The van der Waals surface area contributed by atoms with Crippen molar-refractivity contribution in [3.05, 3.63) is 72.3 Å². The van der Waals surface area contributed by atoms with Crippen LogP contribution >= 0.6 is 0 Å². The predicted molar refractivity (Wildman–Crippen MR) is 74.0 cm³/mol. The highest BCUT2D eigenvalue weighted by molar-refractivity contribution is 6.08. The van der Waals surface area contributed by atoms with Crippen molar-refractivity contribution in [2.45, 2.75) is 6.42 Å². The molecule has 0 atom stereocenters. The smallest absolute Gasteiger partial charge is 0.170 e. The zero-order valence-corrected chi connectivity index (χ0v) is 10.3. The summed E-state index contributed by atoms with van der Waals surface area (Å²) in [5.74, 6) is 0.0444. The molecule has 1 aromatic carbocycles. The molecule has 0 N–H and O–H groups in total. The molecule has 0 unspecified atom stereocenters. The van der Waals surface area contributed by atoms with Gasteiger partial charge in [0.1, 0.15) is 0 Å². The lowest BCUT2D eigenvalue weighted by atomic mass is 10.0. The lowest BCUT2D eigenvalue weighted by molar-refractivity contribution is 0.0993. The lowest BCUT2D eigenvalue weighted by Crippen LogP contribution is -2.06. The van der Waals surface area contributed by atoms with Gasteiger partial charge in [-0.25, -0.2) is 0 Å². The van der Waals surface area contributed by atoms with Gasteiger partial charge in [-0.15, -0.1) is 0 Å². The van der Waals surface area contributed by atoms with E-state index < -0.39 is 0 Å². The van der Waals surface area contributed by atoms with Crippen molar-refractivity contribution in [2.24, 2.45) is 0 Å². The standard InChI is InChI=1S/C16H12N2O/c19-16(9-13-6-3-4-8-18-13)15-11-17-10-12-5-1-2-7-14(12)15/h1-8,10-11H,9H2. The number of fused-ring (bicyclic) bond motifs is 1. The zero-order valence-electron chi connectivity index (χ0n) is 10.3. The second-order valence-corrected chi connectivity index (χ2v) is 4.33. The van der Waals surface area contributed by atoms with Crippen LogP contribution in [0, 0.1) is 0 Å². The number of hydrogen-bond donors (Lipinski definition) is 0. The van der Waals surface area contributed by atoms with E-state index in [0.29, 0.717) is 12.0 Å². The van der Waals surface area contributed by atoms with Gasteiger partial charge < -0.3 is 0 Å². The van der Waals surface area contributed by atoms with Crippen molar-refractivity contribution in [3.8, 4) is 0 Å². The molecule has 0 amide bonds. The zero-order chi connectivity index (χ0) is 13.1. The first kappa shape index (κ1) is 11.5. The molecule has 0 radical (unpaired) electrons. The van der Waals surface area contributed by atoms with E-state index >= 15 is 0 Å². The Kier molecular flexibility index (Phi) is 3.02. The second kappa shape index (κ2) is 4.98. The van der Waals surface area contributed by atoms with E-state index in [-0.39, 0.29) is 5.78 Å². The highest BCUT2D eigenvalue weighted by Crippen LogP contribution is 2.18. The van der Waals surface area contributed by atoms with E-state index in [4.69, 9.17) is 0 Å². The number of ketones is 1. The summed E-state index contributed by atoms with van der Waals surface area (Å²) in [5, 5.41) is 1.92. The molecule has 0 saturated carbocycles. The van der Waals surface area contributed by atoms with Gasteiger partial charge in [0.25, 0.3) is 0 Å². The minimum absolute atomic E-state index is 0.0444. The fourth-order valence-electron chi connectivity index (χ4n) is 2.10. The first-order valence-electron chi connectivity index (χ1n) is 6.10. The molecular weight excluding hydrogens is 236 g/mol. The van der Waals surface area contributed by atoms with Crippen LogP contribution in [0.1, 0.15) is 16.1 Å². The maximum Gasteiger partial charge on any atom is 0.170 e. The molecule has 92 valence electrons. The van der Waals surface area contributed by atoms with Crippen LogP contribution in [0.3, 0.4) is 0 Å². The number of pyridine rings is 2. The van der Waals surface area contributed by atoms with Crippen LogP contribution in [0.4, 0.5) is 0 Å². The summed E-state index contributed by atoms with van der Waals surface area (Å²) in [7, 11) is 0. The average molecular weight is 248 g/mol. The fraction of sp³-hybridized carbons (Fsp3) is 0.0625.